The first kappa shape index (κ1) is 24.3. The molecule has 1 N–H and O–H groups in total. The predicted octanol–water partition coefficient (Wildman–Crippen LogP) is 5.84. The van der Waals surface area contributed by atoms with Crippen molar-refractivity contribution in [3.05, 3.63) is 70.8 Å². The van der Waals surface area contributed by atoms with Crippen LogP contribution in [0.1, 0.15) is 76.1 Å². The van der Waals surface area contributed by atoms with E-state index in [9.17, 15) is 4.79 Å². The summed E-state index contributed by atoms with van der Waals surface area (Å²) in [6.07, 6.45) is 0.407. The fourth-order valence-corrected chi connectivity index (χ4v) is 4.36. The van der Waals surface area contributed by atoms with Gasteiger partial charge in [0.1, 0.15) is 6.10 Å². The van der Waals surface area contributed by atoms with E-state index in [4.69, 9.17) is 4.74 Å². The number of ether oxygens (including phenoxy) is 1. The van der Waals surface area contributed by atoms with Crippen LogP contribution in [0.15, 0.2) is 48.5 Å². The molecular formula is C28H40N2O2. The van der Waals surface area contributed by atoms with Crippen LogP contribution in [0, 0.1) is 0 Å². The highest BCUT2D eigenvalue weighted by Gasteiger charge is 2.34. The summed E-state index contributed by atoms with van der Waals surface area (Å²) < 4.78 is 5.68. The van der Waals surface area contributed by atoms with Crippen LogP contribution in [0.25, 0.3) is 0 Å². The fourth-order valence-electron chi connectivity index (χ4n) is 4.36. The molecule has 0 bridgehead atoms. The summed E-state index contributed by atoms with van der Waals surface area (Å²) in [6, 6.07) is 18.3. The van der Waals surface area contributed by atoms with E-state index in [1.807, 2.05) is 0 Å². The Balaban J connectivity index is 1.91. The van der Waals surface area contributed by atoms with Gasteiger partial charge in [-0.15, -0.1) is 0 Å². The standard InChI is InChI=1S/C28H40N2O2/c1-27(2,3)21-13-9-19(10-14-21)25(20-11-15-22(16-12-20)28(4,5)6)24-17-23(18-29-24)32-26(31)30(7)8/h9-16,23-25,29H,17-18H2,1-8H3/t23-,24-/m1/s1. The molecule has 0 radical (unpaired) electrons. The van der Waals surface area contributed by atoms with Crippen molar-refractivity contribution in [3.63, 3.8) is 0 Å². The molecule has 2 aromatic rings. The molecule has 1 aliphatic heterocycles. The average molecular weight is 437 g/mol. The number of rotatable bonds is 4. The van der Waals surface area contributed by atoms with Crippen LogP contribution in [0.5, 0.6) is 0 Å². The summed E-state index contributed by atoms with van der Waals surface area (Å²) in [6.45, 7) is 14.1. The Bertz CT molecular complexity index is 845. The number of carbonyl (C=O) groups is 1. The second kappa shape index (κ2) is 9.27. The van der Waals surface area contributed by atoms with E-state index in [2.05, 4.69) is 95.4 Å². The summed E-state index contributed by atoms with van der Waals surface area (Å²) in [5, 5.41) is 3.64. The maximum absolute atomic E-state index is 12.1. The number of nitrogens with one attached hydrogen (secondary N) is 1. The Hall–Kier alpha value is -2.33. The van der Waals surface area contributed by atoms with Gasteiger partial charge >= 0.3 is 6.09 Å². The van der Waals surface area contributed by atoms with Crippen molar-refractivity contribution in [1.82, 2.24) is 10.2 Å². The number of amides is 1. The summed E-state index contributed by atoms with van der Waals surface area (Å²) in [5.74, 6) is 0.195. The number of carbonyl (C=O) groups excluding carboxylic acids is 1. The molecule has 0 unspecified atom stereocenters. The highest BCUT2D eigenvalue weighted by atomic mass is 16.6. The first-order valence-electron chi connectivity index (χ1n) is 11.7. The van der Waals surface area contributed by atoms with E-state index in [-0.39, 0.29) is 35.0 Å². The molecule has 1 fully saturated rings. The van der Waals surface area contributed by atoms with Crippen LogP contribution < -0.4 is 5.32 Å². The third-order valence-corrected chi connectivity index (χ3v) is 6.43. The van der Waals surface area contributed by atoms with Gasteiger partial charge in [0, 0.05) is 39.0 Å². The second-order valence-corrected chi connectivity index (χ2v) is 11.4. The van der Waals surface area contributed by atoms with Crippen molar-refractivity contribution in [2.45, 2.75) is 76.9 Å². The third kappa shape index (κ3) is 5.72. The van der Waals surface area contributed by atoms with Gasteiger partial charge in [0.05, 0.1) is 0 Å². The minimum Gasteiger partial charge on any atom is -0.445 e. The zero-order chi connectivity index (χ0) is 23.7. The van der Waals surface area contributed by atoms with Crippen LogP contribution in [0.3, 0.4) is 0 Å². The molecule has 1 amide bonds. The van der Waals surface area contributed by atoms with Gasteiger partial charge in [-0.1, -0.05) is 90.1 Å². The molecule has 3 rings (SSSR count). The van der Waals surface area contributed by atoms with Crippen molar-refractivity contribution in [3.8, 4) is 0 Å². The maximum Gasteiger partial charge on any atom is 0.409 e. The van der Waals surface area contributed by atoms with Gasteiger partial charge in [-0.2, -0.15) is 0 Å². The molecule has 4 nitrogen and oxygen atoms in total. The molecule has 1 heterocycles. The summed E-state index contributed by atoms with van der Waals surface area (Å²) in [5.41, 5.74) is 5.50. The minimum absolute atomic E-state index is 0.111. The quantitative estimate of drug-likeness (QED) is 0.654. The third-order valence-electron chi connectivity index (χ3n) is 6.43. The van der Waals surface area contributed by atoms with Gasteiger partial charge in [-0.3, -0.25) is 0 Å². The maximum atomic E-state index is 12.1. The van der Waals surface area contributed by atoms with Crippen molar-refractivity contribution in [2.75, 3.05) is 20.6 Å². The topological polar surface area (TPSA) is 41.6 Å². The minimum atomic E-state index is -0.280. The van der Waals surface area contributed by atoms with E-state index in [0.717, 1.165) is 6.42 Å². The smallest absolute Gasteiger partial charge is 0.409 e. The number of nitrogens with zero attached hydrogens (tertiary/aromatic N) is 1. The molecule has 0 spiro atoms. The molecule has 1 aliphatic rings. The number of hydrogen-bond acceptors (Lipinski definition) is 3. The lowest BCUT2D eigenvalue weighted by Gasteiger charge is -2.27. The Labute approximate surface area is 194 Å². The molecular weight excluding hydrogens is 396 g/mol. The summed E-state index contributed by atoms with van der Waals surface area (Å²) >= 11 is 0. The predicted molar refractivity (Wildman–Crippen MR) is 132 cm³/mol. The molecule has 2 atom stereocenters. The van der Waals surface area contributed by atoms with E-state index < -0.39 is 0 Å². The van der Waals surface area contributed by atoms with Gasteiger partial charge in [-0.25, -0.2) is 4.79 Å². The normalized spacial score (nSPS) is 19.3. The first-order valence-corrected chi connectivity index (χ1v) is 11.7. The lowest BCUT2D eigenvalue weighted by atomic mass is 9.80. The Kier molecular flexibility index (Phi) is 7.04. The van der Waals surface area contributed by atoms with Crippen LogP contribution in [0.4, 0.5) is 4.79 Å². The zero-order valence-electron chi connectivity index (χ0n) is 21.0. The van der Waals surface area contributed by atoms with Crippen molar-refractivity contribution >= 4 is 6.09 Å². The zero-order valence-corrected chi connectivity index (χ0v) is 21.0. The van der Waals surface area contributed by atoms with Crippen LogP contribution in [0.2, 0.25) is 0 Å². The lowest BCUT2D eigenvalue weighted by Crippen LogP contribution is -2.30. The molecule has 0 saturated carbocycles. The molecule has 2 aromatic carbocycles. The van der Waals surface area contributed by atoms with Gasteiger partial charge in [0.25, 0.3) is 0 Å². The average Bonchev–Trinajstić information content (AvgIpc) is 3.15. The van der Waals surface area contributed by atoms with Gasteiger partial charge in [-0.05, 0) is 33.1 Å². The SMILES string of the molecule is CN(C)C(=O)O[C@H]1CN[C@@H](C(c2ccc(C(C)(C)C)cc2)c2ccc(C(C)(C)C)cc2)C1. The fraction of sp³-hybridized carbons (Fsp3) is 0.536. The van der Waals surface area contributed by atoms with Gasteiger partial charge < -0.3 is 15.0 Å². The highest BCUT2D eigenvalue weighted by Crippen LogP contribution is 2.35. The molecule has 4 heteroatoms. The monoisotopic (exact) mass is 436 g/mol. The van der Waals surface area contributed by atoms with Crippen molar-refractivity contribution in [2.24, 2.45) is 0 Å². The van der Waals surface area contributed by atoms with E-state index in [0.29, 0.717) is 6.54 Å². The first-order chi connectivity index (χ1) is 14.9. The van der Waals surface area contributed by atoms with Crippen LogP contribution >= 0.6 is 0 Å². The second-order valence-electron chi connectivity index (χ2n) is 11.4. The molecule has 174 valence electrons. The molecule has 32 heavy (non-hydrogen) atoms. The van der Waals surface area contributed by atoms with Gasteiger partial charge in [0.15, 0.2) is 0 Å². The van der Waals surface area contributed by atoms with E-state index >= 15 is 0 Å². The Morgan fingerprint density at radius 3 is 1.69 bits per heavy atom. The molecule has 0 aliphatic carbocycles. The van der Waals surface area contributed by atoms with Gasteiger partial charge in [0.2, 0.25) is 0 Å². The number of hydrogen-bond donors (Lipinski definition) is 1. The van der Waals surface area contributed by atoms with Crippen molar-refractivity contribution < 1.29 is 9.53 Å². The highest BCUT2D eigenvalue weighted by molar-refractivity contribution is 5.67. The van der Waals surface area contributed by atoms with E-state index in [1.54, 1.807) is 14.1 Å². The Morgan fingerprint density at radius 2 is 1.31 bits per heavy atom. The van der Waals surface area contributed by atoms with Crippen molar-refractivity contribution in [1.29, 1.82) is 0 Å². The summed E-state index contributed by atoms with van der Waals surface area (Å²) in [7, 11) is 3.44. The lowest BCUT2D eigenvalue weighted by molar-refractivity contribution is 0.0819. The summed E-state index contributed by atoms with van der Waals surface area (Å²) in [4.78, 5) is 13.5. The van der Waals surface area contributed by atoms with E-state index in [1.165, 1.54) is 27.2 Å². The number of benzene rings is 2. The van der Waals surface area contributed by atoms with Crippen LogP contribution in [-0.4, -0.2) is 43.8 Å². The Morgan fingerprint density at radius 1 is 0.875 bits per heavy atom. The van der Waals surface area contributed by atoms with Crippen LogP contribution in [-0.2, 0) is 15.6 Å². The largest absolute Gasteiger partial charge is 0.445 e. The molecule has 0 aromatic heterocycles. The molecule has 1 saturated heterocycles.